The Balaban J connectivity index is 2.74. The van der Waals surface area contributed by atoms with Crippen LogP contribution < -0.4 is 5.73 Å². The van der Waals surface area contributed by atoms with Gasteiger partial charge in [0.1, 0.15) is 0 Å². The Morgan fingerprint density at radius 1 is 1.62 bits per heavy atom. The zero-order valence-corrected chi connectivity index (χ0v) is 9.07. The zero-order chi connectivity index (χ0) is 9.90. The molecule has 0 aliphatic heterocycles. The van der Waals surface area contributed by atoms with Crippen molar-refractivity contribution >= 4 is 21.2 Å². The summed E-state index contributed by atoms with van der Waals surface area (Å²) in [5, 5.41) is 1.42. The van der Waals surface area contributed by atoms with E-state index in [-0.39, 0.29) is 12.3 Å². The van der Waals surface area contributed by atoms with Gasteiger partial charge < -0.3 is 5.73 Å². The predicted molar refractivity (Wildman–Crippen MR) is 55.5 cm³/mol. The molecule has 0 fully saturated rings. The van der Waals surface area contributed by atoms with Gasteiger partial charge in [0.05, 0.1) is 11.0 Å². The molecule has 0 aliphatic carbocycles. The minimum absolute atomic E-state index is 0.114. The van der Waals surface area contributed by atoms with Crippen LogP contribution in [0.15, 0.2) is 17.5 Å². The smallest absolute Gasteiger partial charge is 0.159 e. The van der Waals surface area contributed by atoms with Gasteiger partial charge in [0.15, 0.2) is 9.84 Å². The van der Waals surface area contributed by atoms with Gasteiger partial charge >= 0.3 is 0 Å². The first-order chi connectivity index (χ1) is 6.06. The van der Waals surface area contributed by atoms with Gasteiger partial charge in [-0.2, -0.15) is 0 Å². The second kappa shape index (κ2) is 4.21. The number of rotatable bonds is 4. The summed E-state index contributed by atoms with van der Waals surface area (Å²) in [4.78, 5) is 0.875. The summed E-state index contributed by atoms with van der Waals surface area (Å²) in [6.07, 6.45) is 0. The van der Waals surface area contributed by atoms with Gasteiger partial charge in [-0.25, -0.2) is 8.42 Å². The van der Waals surface area contributed by atoms with Crippen LogP contribution in [0, 0.1) is 0 Å². The highest BCUT2D eigenvalue weighted by Crippen LogP contribution is 2.15. The quantitative estimate of drug-likeness (QED) is 0.822. The second-order valence-corrected chi connectivity index (χ2v) is 6.38. The van der Waals surface area contributed by atoms with Gasteiger partial charge in [-0.15, -0.1) is 11.3 Å². The van der Waals surface area contributed by atoms with Gasteiger partial charge in [0, 0.05) is 11.4 Å². The highest BCUT2D eigenvalue weighted by Gasteiger charge is 2.19. The summed E-state index contributed by atoms with van der Waals surface area (Å²) < 4.78 is 23.1. The molecule has 1 heterocycles. The van der Waals surface area contributed by atoms with Gasteiger partial charge in [-0.3, -0.25) is 0 Å². The van der Waals surface area contributed by atoms with Crippen LogP contribution in [0.3, 0.4) is 0 Å². The van der Waals surface area contributed by atoms with E-state index in [9.17, 15) is 8.42 Å². The van der Waals surface area contributed by atoms with E-state index in [4.69, 9.17) is 5.73 Å². The number of sulfone groups is 1. The van der Waals surface area contributed by atoms with Crippen molar-refractivity contribution in [3.8, 4) is 0 Å². The lowest BCUT2D eigenvalue weighted by Gasteiger charge is -2.08. The van der Waals surface area contributed by atoms with Crippen molar-refractivity contribution in [2.24, 2.45) is 5.73 Å². The topological polar surface area (TPSA) is 60.2 Å². The third-order valence-electron chi connectivity index (χ3n) is 1.87. The predicted octanol–water partition coefficient (Wildman–Crippen LogP) is 1.01. The van der Waals surface area contributed by atoms with Crippen molar-refractivity contribution in [3.05, 3.63) is 22.4 Å². The van der Waals surface area contributed by atoms with Gasteiger partial charge in [0.2, 0.25) is 0 Å². The molecule has 0 amide bonds. The van der Waals surface area contributed by atoms with Crippen molar-refractivity contribution in [1.82, 2.24) is 0 Å². The van der Waals surface area contributed by atoms with E-state index in [2.05, 4.69) is 0 Å². The van der Waals surface area contributed by atoms with Crippen LogP contribution in [0.5, 0.6) is 0 Å². The molecule has 0 radical (unpaired) electrons. The zero-order valence-electron chi connectivity index (χ0n) is 7.43. The SMILES string of the molecule is CC(CN)S(=O)(=O)Cc1cccs1. The fraction of sp³-hybridized carbons (Fsp3) is 0.500. The maximum Gasteiger partial charge on any atom is 0.159 e. The molecule has 0 saturated carbocycles. The largest absolute Gasteiger partial charge is 0.329 e. The average molecular weight is 219 g/mol. The summed E-state index contributed by atoms with van der Waals surface area (Å²) in [5.74, 6) is 0.114. The summed E-state index contributed by atoms with van der Waals surface area (Å²) >= 11 is 1.46. The molecule has 0 bridgehead atoms. The van der Waals surface area contributed by atoms with Crippen molar-refractivity contribution < 1.29 is 8.42 Å². The number of hydrogen-bond donors (Lipinski definition) is 1. The van der Waals surface area contributed by atoms with Crippen LogP contribution in [0.4, 0.5) is 0 Å². The van der Waals surface area contributed by atoms with E-state index in [1.54, 1.807) is 6.92 Å². The van der Waals surface area contributed by atoms with E-state index in [0.29, 0.717) is 0 Å². The summed E-state index contributed by atoms with van der Waals surface area (Å²) in [5.41, 5.74) is 5.31. The van der Waals surface area contributed by atoms with Crippen molar-refractivity contribution in [3.63, 3.8) is 0 Å². The molecule has 13 heavy (non-hydrogen) atoms. The molecule has 1 aromatic heterocycles. The Morgan fingerprint density at radius 2 is 2.31 bits per heavy atom. The van der Waals surface area contributed by atoms with Crippen molar-refractivity contribution in [1.29, 1.82) is 0 Å². The van der Waals surface area contributed by atoms with Crippen LogP contribution in [-0.2, 0) is 15.6 Å². The molecule has 1 rings (SSSR count). The van der Waals surface area contributed by atoms with E-state index in [1.165, 1.54) is 11.3 Å². The molecule has 3 nitrogen and oxygen atoms in total. The molecule has 0 aliphatic rings. The first kappa shape index (κ1) is 10.7. The van der Waals surface area contributed by atoms with Crippen molar-refractivity contribution in [2.45, 2.75) is 17.9 Å². The van der Waals surface area contributed by atoms with Crippen LogP contribution in [0.1, 0.15) is 11.8 Å². The van der Waals surface area contributed by atoms with Crippen LogP contribution in [0.2, 0.25) is 0 Å². The van der Waals surface area contributed by atoms with E-state index >= 15 is 0 Å². The molecule has 5 heteroatoms. The fourth-order valence-electron chi connectivity index (χ4n) is 0.882. The minimum atomic E-state index is -3.05. The number of nitrogens with two attached hydrogens (primary N) is 1. The molecular formula is C8H13NO2S2. The standard InChI is InChI=1S/C8H13NO2S2/c1-7(5-9)13(10,11)6-8-3-2-4-12-8/h2-4,7H,5-6,9H2,1H3. The lowest BCUT2D eigenvalue weighted by Crippen LogP contribution is -2.27. The molecule has 74 valence electrons. The van der Waals surface area contributed by atoms with Gasteiger partial charge in [-0.05, 0) is 18.4 Å². The average Bonchev–Trinajstić information content (AvgIpc) is 2.54. The second-order valence-electron chi connectivity index (χ2n) is 2.93. The van der Waals surface area contributed by atoms with E-state index < -0.39 is 15.1 Å². The monoisotopic (exact) mass is 219 g/mol. The molecular weight excluding hydrogens is 206 g/mol. The minimum Gasteiger partial charge on any atom is -0.329 e. The van der Waals surface area contributed by atoms with Gasteiger partial charge in [0.25, 0.3) is 0 Å². The maximum absolute atomic E-state index is 11.6. The Labute approximate surface area is 82.5 Å². The normalized spacial score (nSPS) is 14.3. The third-order valence-corrected chi connectivity index (χ3v) is 5.06. The highest BCUT2D eigenvalue weighted by molar-refractivity contribution is 7.91. The summed E-state index contributed by atoms with van der Waals surface area (Å²) in [6.45, 7) is 1.83. The Morgan fingerprint density at radius 3 is 2.77 bits per heavy atom. The molecule has 0 saturated heterocycles. The lowest BCUT2D eigenvalue weighted by molar-refractivity contribution is 0.583. The molecule has 1 atom stereocenters. The summed E-state index contributed by atoms with van der Waals surface area (Å²) in [6, 6.07) is 3.67. The van der Waals surface area contributed by atoms with Crippen LogP contribution >= 0.6 is 11.3 Å². The first-order valence-electron chi connectivity index (χ1n) is 4.00. The van der Waals surface area contributed by atoms with Crippen LogP contribution in [-0.4, -0.2) is 20.2 Å². The maximum atomic E-state index is 11.6. The lowest BCUT2D eigenvalue weighted by atomic mass is 10.5. The van der Waals surface area contributed by atoms with E-state index in [0.717, 1.165) is 4.88 Å². The fourth-order valence-corrected chi connectivity index (χ4v) is 3.21. The Bertz CT molecular complexity index is 342. The molecule has 1 aromatic rings. The van der Waals surface area contributed by atoms with E-state index in [1.807, 2.05) is 17.5 Å². The third kappa shape index (κ3) is 2.79. The number of thiophene rings is 1. The summed E-state index contributed by atoms with van der Waals surface area (Å²) in [7, 11) is -3.05. The molecule has 2 N–H and O–H groups in total. The van der Waals surface area contributed by atoms with Gasteiger partial charge in [-0.1, -0.05) is 6.07 Å². The number of hydrogen-bond acceptors (Lipinski definition) is 4. The Hall–Kier alpha value is -0.390. The molecule has 1 unspecified atom stereocenters. The van der Waals surface area contributed by atoms with Crippen molar-refractivity contribution in [2.75, 3.05) is 6.54 Å². The highest BCUT2D eigenvalue weighted by atomic mass is 32.2. The van der Waals surface area contributed by atoms with Crippen LogP contribution in [0.25, 0.3) is 0 Å². The molecule has 0 spiro atoms. The molecule has 0 aromatic carbocycles. The Kier molecular flexibility index (Phi) is 3.47. The first-order valence-corrected chi connectivity index (χ1v) is 6.60.